The highest BCUT2D eigenvalue weighted by molar-refractivity contribution is 5.84. The Balaban J connectivity index is 2.12. The molecule has 0 aliphatic carbocycles. The molecule has 0 unspecified atom stereocenters. The number of hydrogen-bond acceptors (Lipinski definition) is 3. The van der Waals surface area contributed by atoms with Gasteiger partial charge in [0.05, 0.1) is 12.8 Å². The molecule has 0 bridgehead atoms. The molecule has 3 amide bonds. The average molecular weight is 386 g/mol. The molecule has 0 saturated heterocycles. The number of urea groups is 1. The highest BCUT2D eigenvalue weighted by atomic mass is 16.3. The second-order valence-electron chi connectivity index (χ2n) is 7.19. The fourth-order valence-corrected chi connectivity index (χ4v) is 2.93. The molecular formula is C22H31N3O3. The molecule has 1 heterocycles. The molecular weight excluding hydrogens is 354 g/mol. The molecule has 28 heavy (non-hydrogen) atoms. The first-order valence-electron chi connectivity index (χ1n) is 9.74. The van der Waals surface area contributed by atoms with Gasteiger partial charge in [0, 0.05) is 26.7 Å². The second-order valence-corrected chi connectivity index (χ2v) is 7.19. The van der Waals surface area contributed by atoms with Gasteiger partial charge in [-0.2, -0.15) is 0 Å². The zero-order valence-corrected chi connectivity index (χ0v) is 17.3. The molecule has 1 aromatic carbocycles. The maximum Gasteiger partial charge on any atom is 0.320 e. The Morgan fingerprint density at radius 1 is 1.07 bits per heavy atom. The van der Waals surface area contributed by atoms with Gasteiger partial charge in [0.1, 0.15) is 12.3 Å². The van der Waals surface area contributed by atoms with Crippen LogP contribution < -0.4 is 0 Å². The summed E-state index contributed by atoms with van der Waals surface area (Å²) in [6, 6.07) is 13.6. The minimum absolute atomic E-state index is 0.0153. The van der Waals surface area contributed by atoms with Crippen LogP contribution in [0.3, 0.4) is 0 Å². The lowest BCUT2D eigenvalue weighted by Gasteiger charge is -2.32. The van der Waals surface area contributed by atoms with E-state index in [1.54, 1.807) is 30.2 Å². The SMILES string of the molecule is CC[C@H](C)N(CC(=O)N(CCc1ccccc1)Cc1ccco1)C(=O)N(C)C. The van der Waals surface area contributed by atoms with Gasteiger partial charge >= 0.3 is 6.03 Å². The van der Waals surface area contributed by atoms with Gasteiger partial charge in [-0.3, -0.25) is 4.79 Å². The summed E-state index contributed by atoms with van der Waals surface area (Å²) in [6.07, 6.45) is 3.14. The minimum Gasteiger partial charge on any atom is -0.467 e. The van der Waals surface area contributed by atoms with Gasteiger partial charge < -0.3 is 19.1 Å². The van der Waals surface area contributed by atoms with Crippen molar-refractivity contribution >= 4 is 11.9 Å². The minimum atomic E-state index is -0.149. The van der Waals surface area contributed by atoms with Crippen LogP contribution in [0.5, 0.6) is 0 Å². The Labute approximate surface area is 167 Å². The van der Waals surface area contributed by atoms with E-state index in [4.69, 9.17) is 4.42 Å². The fraction of sp³-hybridized carbons (Fsp3) is 0.455. The number of benzene rings is 1. The molecule has 1 aromatic heterocycles. The third-order valence-electron chi connectivity index (χ3n) is 4.85. The van der Waals surface area contributed by atoms with E-state index in [-0.39, 0.29) is 24.5 Å². The van der Waals surface area contributed by atoms with E-state index in [0.717, 1.165) is 18.6 Å². The molecule has 6 heteroatoms. The van der Waals surface area contributed by atoms with Gasteiger partial charge in [0.25, 0.3) is 0 Å². The van der Waals surface area contributed by atoms with Crippen LogP contribution in [0.4, 0.5) is 4.79 Å². The van der Waals surface area contributed by atoms with E-state index in [0.29, 0.717) is 13.1 Å². The predicted molar refractivity (Wildman–Crippen MR) is 110 cm³/mol. The molecule has 0 aliphatic rings. The number of carbonyl (C=O) groups is 2. The van der Waals surface area contributed by atoms with Gasteiger partial charge in [0.15, 0.2) is 0 Å². The summed E-state index contributed by atoms with van der Waals surface area (Å²) in [5, 5.41) is 0. The average Bonchev–Trinajstić information content (AvgIpc) is 3.21. The molecule has 0 aliphatic heterocycles. The Hall–Kier alpha value is -2.76. The highest BCUT2D eigenvalue weighted by Crippen LogP contribution is 2.12. The van der Waals surface area contributed by atoms with Crippen LogP contribution in [0.1, 0.15) is 31.6 Å². The number of rotatable bonds is 9. The van der Waals surface area contributed by atoms with Gasteiger partial charge in [-0.1, -0.05) is 37.3 Å². The number of amides is 3. The van der Waals surface area contributed by atoms with E-state index in [9.17, 15) is 9.59 Å². The lowest BCUT2D eigenvalue weighted by Crippen LogP contribution is -2.50. The van der Waals surface area contributed by atoms with E-state index in [1.165, 1.54) is 10.5 Å². The van der Waals surface area contributed by atoms with E-state index in [1.807, 2.05) is 44.2 Å². The van der Waals surface area contributed by atoms with E-state index >= 15 is 0 Å². The lowest BCUT2D eigenvalue weighted by molar-refractivity contribution is -0.133. The summed E-state index contributed by atoms with van der Waals surface area (Å²) in [5.41, 5.74) is 1.17. The zero-order chi connectivity index (χ0) is 20.5. The third kappa shape index (κ3) is 6.15. The predicted octanol–water partition coefficient (Wildman–Crippen LogP) is 3.63. The molecule has 0 radical (unpaired) electrons. The van der Waals surface area contributed by atoms with Crippen molar-refractivity contribution in [1.29, 1.82) is 0 Å². The maximum absolute atomic E-state index is 13.1. The maximum atomic E-state index is 13.1. The summed E-state index contributed by atoms with van der Waals surface area (Å²) < 4.78 is 5.44. The van der Waals surface area contributed by atoms with Crippen molar-refractivity contribution in [2.75, 3.05) is 27.2 Å². The summed E-state index contributed by atoms with van der Waals surface area (Å²) in [7, 11) is 3.41. The molecule has 0 N–H and O–H groups in total. The summed E-state index contributed by atoms with van der Waals surface area (Å²) in [4.78, 5) is 30.6. The zero-order valence-electron chi connectivity index (χ0n) is 17.3. The van der Waals surface area contributed by atoms with Crippen LogP contribution in [0.25, 0.3) is 0 Å². The van der Waals surface area contributed by atoms with Crippen molar-refractivity contribution in [2.24, 2.45) is 0 Å². The molecule has 0 saturated carbocycles. The van der Waals surface area contributed by atoms with Gasteiger partial charge in [-0.05, 0) is 37.5 Å². The van der Waals surface area contributed by atoms with Crippen molar-refractivity contribution in [3.8, 4) is 0 Å². The Morgan fingerprint density at radius 3 is 2.36 bits per heavy atom. The van der Waals surface area contributed by atoms with Crippen molar-refractivity contribution in [2.45, 2.75) is 39.3 Å². The van der Waals surface area contributed by atoms with Crippen molar-refractivity contribution < 1.29 is 14.0 Å². The largest absolute Gasteiger partial charge is 0.467 e. The monoisotopic (exact) mass is 385 g/mol. The number of furan rings is 1. The van der Waals surface area contributed by atoms with E-state index in [2.05, 4.69) is 12.1 Å². The third-order valence-corrected chi connectivity index (χ3v) is 4.85. The summed E-state index contributed by atoms with van der Waals surface area (Å²) in [6.45, 7) is 5.00. The molecule has 1 atom stereocenters. The van der Waals surface area contributed by atoms with Crippen LogP contribution in [0.15, 0.2) is 53.1 Å². The molecule has 0 spiro atoms. The standard InChI is InChI=1S/C22H31N3O3/c1-5-18(2)25(22(27)23(3)4)17-21(26)24(16-20-12-9-15-28-20)14-13-19-10-7-6-8-11-19/h6-12,15,18H,5,13-14,16-17H2,1-4H3/t18-/m0/s1. The fourth-order valence-electron chi connectivity index (χ4n) is 2.93. The Kier molecular flexibility index (Phi) is 8.11. The van der Waals surface area contributed by atoms with E-state index < -0.39 is 0 Å². The van der Waals surface area contributed by atoms with Crippen molar-refractivity contribution in [1.82, 2.24) is 14.7 Å². The molecule has 0 fully saturated rings. The van der Waals surface area contributed by atoms with Crippen LogP contribution in [-0.2, 0) is 17.8 Å². The summed E-state index contributed by atoms with van der Waals surface area (Å²) >= 11 is 0. The first kappa shape index (κ1) is 21.5. The Morgan fingerprint density at radius 2 is 1.79 bits per heavy atom. The first-order chi connectivity index (χ1) is 13.4. The Bertz CT molecular complexity index is 729. The van der Waals surface area contributed by atoms with Crippen molar-refractivity contribution in [3.05, 3.63) is 60.1 Å². The molecule has 2 aromatic rings. The number of hydrogen-bond donors (Lipinski definition) is 0. The first-order valence-corrected chi connectivity index (χ1v) is 9.74. The van der Waals surface area contributed by atoms with Crippen LogP contribution in [0, 0.1) is 0 Å². The second kappa shape index (κ2) is 10.5. The smallest absolute Gasteiger partial charge is 0.320 e. The van der Waals surface area contributed by atoms with Crippen LogP contribution >= 0.6 is 0 Å². The quantitative estimate of drug-likeness (QED) is 0.662. The highest BCUT2D eigenvalue weighted by Gasteiger charge is 2.26. The molecule has 6 nitrogen and oxygen atoms in total. The summed E-state index contributed by atoms with van der Waals surface area (Å²) in [5.74, 6) is 0.651. The van der Waals surface area contributed by atoms with Crippen LogP contribution in [-0.4, -0.2) is 59.9 Å². The number of nitrogens with zero attached hydrogens (tertiary/aromatic N) is 3. The van der Waals surface area contributed by atoms with Gasteiger partial charge in [-0.15, -0.1) is 0 Å². The molecule has 2 rings (SSSR count). The van der Waals surface area contributed by atoms with Gasteiger partial charge in [0.2, 0.25) is 5.91 Å². The van der Waals surface area contributed by atoms with Crippen molar-refractivity contribution in [3.63, 3.8) is 0 Å². The molecule has 152 valence electrons. The van der Waals surface area contributed by atoms with Crippen LogP contribution in [0.2, 0.25) is 0 Å². The lowest BCUT2D eigenvalue weighted by atomic mass is 10.1. The topological polar surface area (TPSA) is 57.0 Å². The normalized spacial score (nSPS) is 11.7. The van der Waals surface area contributed by atoms with Gasteiger partial charge in [-0.25, -0.2) is 4.79 Å². The number of carbonyl (C=O) groups excluding carboxylic acids is 2.